The summed E-state index contributed by atoms with van der Waals surface area (Å²) in [6, 6.07) is 6.14. The quantitative estimate of drug-likeness (QED) is 0.498. The molecule has 0 heterocycles. The van der Waals surface area contributed by atoms with E-state index in [-0.39, 0.29) is 11.7 Å². The molecule has 0 fully saturated rings. The zero-order valence-electron chi connectivity index (χ0n) is 13.9. The molecule has 0 atom stereocenters. The van der Waals surface area contributed by atoms with Crippen LogP contribution in [0.15, 0.2) is 24.3 Å². The second-order valence-corrected chi connectivity index (χ2v) is 5.59. The Morgan fingerprint density at radius 1 is 1.00 bits per heavy atom. The molecule has 0 saturated carbocycles. The summed E-state index contributed by atoms with van der Waals surface area (Å²) >= 11 is 0. The van der Waals surface area contributed by atoms with Gasteiger partial charge in [-0.05, 0) is 56.6 Å². The summed E-state index contributed by atoms with van der Waals surface area (Å²) in [5, 5.41) is 9.20. The number of ether oxygens (including phenoxy) is 1. The van der Waals surface area contributed by atoms with Crippen molar-refractivity contribution in [3.8, 4) is 5.75 Å². The van der Waals surface area contributed by atoms with Gasteiger partial charge in [0.15, 0.2) is 0 Å². The Labute approximate surface area is 134 Å². The first-order chi connectivity index (χ1) is 10.7. The van der Waals surface area contributed by atoms with Gasteiger partial charge in [0.05, 0.1) is 12.2 Å². The van der Waals surface area contributed by atoms with E-state index >= 15 is 0 Å². The fourth-order valence-corrected chi connectivity index (χ4v) is 2.23. The number of benzene rings is 1. The molecule has 0 aromatic heterocycles. The molecule has 0 radical (unpaired) electrons. The first-order valence-corrected chi connectivity index (χ1v) is 8.35. The van der Waals surface area contributed by atoms with Crippen LogP contribution in [-0.4, -0.2) is 42.2 Å². The van der Waals surface area contributed by atoms with E-state index in [1.54, 1.807) is 12.1 Å². The van der Waals surface area contributed by atoms with Crippen molar-refractivity contribution in [3.05, 3.63) is 29.8 Å². The third kappa shape index (κ3) is 7.46. The highest BCUT2D eigenvalue weighted by Crippen LogP contribution is 2.10. The Morgan fingerprint density at radius 3 is 2.09 bits per heavy atom. The number of aromatic hydroxyl groups is 1. The molecule has 0 unspecified atom stereocenters. The van der Waals surface area contributed by atoms with Crippen LogP contribution < -0.4 is 0 Å². The highest BCUT2D eigenvalue weighted by atomic mass is 16.5. The Balaban J connectivity index is 2.26. The van der Waals surface area contributed by atoms with Gasteiger partial charge in [-0.15, -0.1) is 0 Å². The zero-order valence-corrected chi connectivity index (χ0v) is 13.9. The zero-order chi connectivity index (χ0) is 16.2. The number of hydrogen-bond donors (Lipinski definition) is 1. The van der Waals surface area contributed by atoms with Crippen LogP contribution in [0.5, 0.6) is 5.75 Å². The Bertz CT molecular complexity index is 409. The molecular formula is C18H29NO3. The standard InChI is InChI=1S/C18H29NO3/c1-3-5-12-19(13-6-4-2)14-7-15-22-18(21)16-8-10-17(20)11-9-16/h8-11,20H,3-7,12-15H2,1-2H3. The van der Waals surface area contributed by atoms with E-state index in [0.29, 0.717) is 12.2 Å². The van der Waals surface area contributed by atoms with Gasteiger partial charge >= 0.3 is 5.97 Å². The monoisotopic (exact) mass is 307 g/mol. The molecule has 22 heavy (non-hydrogen) atoms. The van der Waals surface area contributed by atoms with E-state index in [1.807, 2.05) is 0 Å². The lowest BCUT2D eigenvalue weighted by Crippen LogP contribution is -2.28. The molecule has 1 aromatic rings. The van der Waals surface area contributed by atoms with Gasteiger partial charge in [0.1, 0.15) is 5.75 Å². The van der Waals surface area contributed by atoms with Gasteiger partial charge in [0.25, 0.3) is 0 Å². The van der Waals surface area contributed by atoms with Gasteiger partial charge in [0, 0.05) is 6.54 Å². The van der Waals surface area contributed by atoms with E-state index in [0.717, 1.165) is 26.1 Å². The predicted molar refractivity (Wildman–Crippen MR) is 89.3 cm³/mol. The van der Waals surface area contributed by atoms with Gasteiger partial charge in [-0.2, -0.15) is 0 Å². The molecule has 0 aliphatic carbocycles. The molecule has 1 aromatic carbocycles. The number of carbonyl (C=O) groups is 1. The van der Waals surface area contributed by atoms with Crippen LogP contribution in [0.1, 0.15) is 56.3 Å². The number of hydrogen-bond acceptors (Lipinski definition) is 4. The normalized spacial score (nSPS) is 10.9. The minimum atomic E-state index is -0.325. The molecule has 1 rings (SSSR count). The minimum absolute atomic E-state index is 0.152. The average molecular weight is 307 g/mol. The molecule has 124 valence electrons. The Hall–Kier alpha value is -1.55. The van der Waals surface area contributed by atoms with Gasteiger partial charge in [0.2, 0.25) is 0 Å². The predicted octanol–water partition coefficient (Wildman–Crippen LogP) is 3.84. The van der Waals surface area contributed by atoms with E-state index < -0.39 is 0 Å². The van der Waals surface area contributed by atoms with Crippen molar-refractivity contribution >= 4 is 5.97 Å². The molecule has 0 spiro atoms. The van der Waals surface area contributed by atoms with E-state index in [4.69, 9.17) is 4.74 Å². The minimum Gasteiger partial charge on any atom is -0.508 e. The molecule has 0 aliphatic rings. The van der Waals surface area contributed by atoms with Crippen molar-refractivity contribution < 1.29 is 14.6 Å². The number of phenols is 1. The summed E-state index contributed by atoms with van der Waals surface area (Å²) < 4.78 is 5.28. The van der Waals surface area contributed by atoms with Crippen LogP contribution >= 0.6 is 0 Å². The smallest absolute Gasteiger partial charge is 0.338 e. The number of rotatable bonds is 11. The van der Waals surface area contributed by atoms with Crippen LogP contribution in [-0.2, 0) is 4.74 Å². The Kier molecular flexibility index (Phi) is 9.31. The lowest BCUT2D eigenvalue weighted by molar-refractivity contribution is 0.0487. The number of nitrogens with zero attached hydrogens (tertiary/aromatic N) is 1. The summed E-state index contributed by atoms with van der Waals surface area (Å²) in [6.07, 6.45) is 5.71. The average Bonchev–Trinajstić information content (AvgIpc) is 2.53. The molecule has 0 bridgehead atoms. The van der Waals surface area contributed by atoms with Crippen LogP contribution in [0.4, 0.5) is 0 Å². The van der Waals surface area contributed by atoms with Crippen molar-refractivity contribution in [1.29, 1.82) is 0 Å². The topological polar surface area (TPSA) is 49.8 Å². The summed E-state index contributed by atoms with van der Waals surface area (Å²) in [5.41, 5.74) is 0.478. The van der Waals surface area contributed by atoms with Crippen molar-refractivity contribution in [1.82, 2.24) is 4.90 Å². The second-order valence-electron chi connectivity index (χ2n) is 5.59. The SMILES string of the molecule is CCCCN(CCCC)CCCOC(=O)c1ccc(O)cc1. The maximum Gasteiger partial charge on any atom is 0.338 e. The van der Waals surface area contributed by atoms with Crippen molar-refractivity contribution in [2.75, 3.05) is 26.2 Å². The molecular weight excluding hydrogens is 278 g/mol. The first-order valence-electron chi connectivity index (χ1n) is 8.35. The highest BCUT2D eigenvalue weighted by molar-refractivity contribution is 5.89. The largest absolute Gasteiger partial charge is 0.508 e. The van der Waals surface area contributed by atoms with Crippen molar-refractivity contribution in [2.24, 2.45) is 0 Å². The number of carbonyl (C=O) groups excluding carboxylic acids is 1. The van der Waals surface area contributed by atoms with Crippen LogP contribution in [0, 0.1) is 0 Å². The summed E-state index contributed by atoms with van der Waals surface area (Å²) in [4.78, 5) is 14.3. The van der Waals surface area contributed by atoms with Gasteiger partial charge < -0.3 is 14.7 Å². The van der Waals surface area contributed by atoms with Gasteiger partial charge in [-0.3, -0.25) is 0 Å². The second kappa shape index (κ2) is 11.1. The summed E-state index contributed by atoms with van der Waals surface area (Å²) in [7, 11) is 0. The fourth-order valence-electron chi connectivity index (χ4n) is 2.23. The van der Waals surface area contributed by atoms with E-state index in [2.05, 4.69) is 18.7 Å². The lowest BCUT2D eigenvalue weighted by Gasteiger charge is -2.21. The molecule has 4 nitrogen and oxygen atoms in total. The van der Waals surface area contributed by atoms with Crippen molar-refractivity contribution in [2.45, 2.75) is 46.0 Å². The first kappa shape index (κ1) is 18.5. The summed E-state index contributed by atoms with van der Waals surface area (Å²) in [5.74, 6) is -0.173. The van der Waals surface area contributed by atoms with Gasteiger partial charge in [-0.1, -0.05) is 26.7 Å². The Morgan fingerprint density at radius 2 is 1.55 bits per heavy atom. The van der Waals surface area contributed by atoms with E-state index in [1.165, 1.54) is 37.8 Å². The van der Waals surface area contributed by atoms with Crippen LogP contribution in [0.3, 0.4) is 0 Å². The molecule has 0 aliphatic heterocycles. The molecule has 1 N–H and O–H groups in total. The number of phenolic OH excluding ortho intramolecular Hbond substituents is 1. The maximum atomic E-state index is 11.8. The molecule has 0 amide bonds. The van der Waals surface area contributed by atoms with Gasteiger partial charge in [-0.25, -0.2) is 4.79 Å². The number of unbranched alkanes of at least 4 members (excludes halogenated alkanes) is 2. The van der Waals surface area contributed by atoms with E-state index in [9.17, 15) is 9.90 Å². The third-order valence-corrected chi connectivity index (χ3v) is 3.61. The highest BCUT2D eigenvalue weighted by Gasteiger charge is 2.08. The maximum absolute atomic E-state index is 11.8. The molecule has 4 heteroatoms. The van der Waals surface area contributed by atoms with Crippen LogP contribution in [0.2, 0.25) is 0 Å². The lowest BCUT2D eigenvalue weighted by atomic mass is 10.2. The van der Waals surface area contributed by atoms with Crippen molar-refractivity contribution in [3.63, 3.8) is 0 Å². The number of esters is 1. The van der Waals surface area contributed by atoms with Crippen LogP contribution in [0.25, 0.3) is 0 Å². The third-order valence-electron chi connectivity index (χ3n) is 3.61. The summed E-state index contributed by atoms with van der Waals surface area (Å²) in [6.45, 7) is 8.08. The molecule has 0 saturated heterocycles. The fraction of sp³-hybridized carbons (Fsp3) is 0.611.